The number of amides is 1. The van der Waals surface area contributed by atoms with Gasteiger partial charge in [-0.3, -0.25) is 9.59 Å². The van der Waals surface area contributed by atoms with E-state index in [0.717, 1.165) is 48.6 Å². The van der Waals surface area contributed by atoms with Crippen molar-refractivity contribution >= 4 is 11.7 Å². The van der Waals surface area contributed by atoms with E-state index >= 15 is 0 Å². The predicted octanol–water partition coefficient (Wildman–Crippen LogP) is 1.50. The molecule has 2 N–H and O–H groups in total. The van der Waals surface area contributed by atoms with Gasteiger partial charge in [0.2, 0.25) is 0 Å². The van der Waals surface area contributed by atoms with Crippen molar-refractivity contribution in [2.24, 2.45) is 5.92 Å². The molecule has 0 saturated carbocycles. The molecule has 1 fully saturated rings. The molecule has 6 heteroatoms. The summed E-state index contributed by atoms with van der Waals surface area (Å²) < 4.78 is 10.3. The summed E-state index contributed by atoms with van der Waals surface area (Å²) in [5.74, 6) is 1.82. The quantitative estimate of drug-likeness (QED) is 0.663. The number of hydrogen-bond acceptors (Lipinski definition) is 4. The Morgan fingerprint density at radius 3 is 2.03 bits per heavy atom. The van der Waals surface area contributed by atoms with E-state index in [2.05, 4.69) is 5.32 Å². The molecular weight excluding hydrogens is 368 g/mol. The standard InChI is InChI=1S/C23H28N2O4/c1-28-20-7-3-17(4-8-20)15-24-22(26)16-25-13-11-19(12-14-25)23(27)18-5-9-21(29-2)10-6-18/h3-10,19H,11-16H2,1-2H3,(H,24,26)/p+1. The number of ether oxygens (including phenoxy) is 2. The van der Waals surface area contributed by atoms with Gasteiger partial charge in [-0.15, -0.1) is 0 Å². The first kappa shape index (κ1) is 20.9. The molecule has 2 aromatic carbocycles. The Morgan fingerprint density at radius 1 is 0.931 bits per heavy atom. The Balaban J connectivity index is 1.41. The summed E-state index contributed by atoms with van der Waals surface area (Å²) in [6, 6.07) is 15.0. The first-order chi connectivity index (χ1) is 14.1. The van der Waals surface area contributed by atoms with Crippen LogP contribution >= 0.6 is 0 Å². The molecule has 0 bridgehead atoms. The Morgan fingerprint density at radius 2 is 1.48 bits per heavy atom. The zero-order valence-corrected chi connectivity index (χ0v) is 17.1. The largest absolute Gasteiger partial charge is 0.497 e. The third-order valence-corrected chi connectivity index (χ3v) is 5.50. The molecule has 0 atom stereocenters. The van der Waals surface area contributed by atoms with Crippen LogP contribution in [-0.2, 0) is 11.3 Å². The highest BCUT2D eigenvalue weighted by Gasteiger charge is 2.29. The van der Waals surface area contributed by atoms with E-state index in [-0.39, 0.29) is 17.6 Å². The molecule has 29 heavy (non-hydrogen) atoms. The molecule has 0 aliphatic carbocycles. The fraction of sp³-hybridized carbons (Fsp3) is 0.391. The lowest BCUT2D eigenvalue weighted by Gasteiger charge is -2.28. The Labute approximate surface area is 171 Å². The Kier molecular flexibility index (Phi) is 7.25. The number of rotatable bonds is 8. The van der Waals surface area contributed by atoms with E-state index in [1.165, 1.54) is 4.90 Å². The van der Waals surface area contributed by atoms with Crippen molar-refractivity contribution in [2.75, 3.05) is 33.9 Å². The SMILES string of the molecule is COc1ccc(CNC(=O)C[NH+]2CCC(C(=O)c3ccc(OC)cc3)CC2)cc1. The van der Waals surface area contributed by atoms with Crippen LogP contribution in [0.2, 0.25) is 0 Å². The van der Waals surface area contributed by atoms with Gasteiger partial charge in [-0.05, 0) is 42.0 Å². The van der Waals surface area contributed by atoms with Crippen LogP contribution in [-0.4, -0.2) is 45.5 Å². The zero-order valence-electron chi connectivity index (χ0n) is 17.1. The topological polar surface area (TPSA) is 69.1 Å². The Hall–Kier alpha value is -2.86. The second kappa shape index (κ2) is 10.1. The molecule has 3 rings (SSSR count). The van der Waals surface area contributed by atoms with Gasteiger partial charge in [-0.2, -0.15) is 0 Å². The van der Waals surface area contributed by atoms with Crippen LogP contribution in [0.3, 0.4) is 0 Å². The van der Waals surface area contributed by atoms with Gasteiger partial charge in [0, 0.05) is 30.9 Å². The lowest BCUT2D eigenvalue weighted by atomic mass is 9.89. The van der Waals surface area contributed by atoms with Gasteiger partial charge >= 0.3 is 0 Å². The lowest BCUT2D eigenvalue weighted by molar-refractivity contribution is -0.897. The van der Waals surface area contributed by atoms with Crippen LogP contribution < -0.4 is 19.7 Å². The first-order valence-corrected chi connectivity index (χ1v) is 10.0. The van der Waals surface area contributed by atoms with Crippen molar-refractivity contribution < 1.29 is 24.0 Å². The van der Waals surface area contributed by atoms with Gasteiger partial charge in [0.15, 0.2) is 12.3 Å². The summed E-state index contributed by atoms with van der Waals surface area (Å²) in [6.45, 7) is 2.62. The van der Waals surface area contributed by atoms with E-state index in [1.54, 1.807) is 14.2 Å². The Bertz CT molecular complexity index is 810. The van der Waals surface area contributed by atoms with Gasteiger partial charge in [0.05, 0.1) is 27.3 Å². The third kappa shape index (κ3) is 5.81. The minimum absolute atomic E-state index is 0.0366. The molecule has 0 aromatic heterocycles. The average Bonchev–Trinajstić information content (AvgIpc) is 2.78. The number of hydrogen-bond donors (Lipinski definition) is 2. The fourth-order valence-electron chi connectivity index (χ4n) is 3.69. The molecule has 1 aliphatic heterocycles. The van der Waals surface area contributed by atoms with Crippen molar-refractivity contribution in [3.05, 3.63) is 59.7 Å². The molecule has 0 unspecified atom stereocenters. The number of nitrogens with one attached hydrogen (secondary N) is 2. The van der Waals surface area contributed by atoms with Crippen LogP contribution in [0.1, 0.15) is 28.8 Å². The molecule has 1 amide bonds. The number of ketones is 1. The number of methoxy groups -OCH3 is 2. The molecule has 0 radical (unpaired) electrons. The number of Topliss-reactive ketones (excluding diaryl/α,β-unsaturated/α-hetero) is 1. The second-order valence-electron chi connectivity index (χ2n) is 7.42. The van der Waals surface area contributed by atoms with Crippen molar-refractivity contribution in [3.63, 3.8) is 0 Å². The van der Waals surface area contributed by atoms with Crippen LogP contribution in [0, 0.1) is 5.92 Å². The number of carbonyl (C=O) groups excluding carboxylic acids is 2. The predicted molar refractivity (Wildman–Crippen MR) is 110 cm³/mol. The zero-order chi connectivity index (χ0) is 20.6. The van der Waals surface area contributed by atoms with Gasteiger partial charge in [0.25, 0.3) is 5.91 Å². The third-order valence-electron chi connectivity index (χ3n) is 5.50. The number of quaternary nitrogens is 1. The number of benzene rings is 2. The summed E-state index contributed by atoms with van der Waals surface area (Å²) in [4.78, 5) is 26.2. The van der Waals surface area contributed by atoms with E-state index < -0.39 is 0 Å². The van der Waals surface area contributed by atoms with Crippen LogP contribution in [0.25, 0.3) is 0 Å². The maximum atomic E-state index is 12.7. The molecule has 6 nitrogen and oxygen atoms in total. The van der Waals surface area contributed by atoms with E-state index in [9.17, 15) is 9.59 Å². The highest BCUT2D eigenvalue weighted by Crippen LogP contribution is 2.19. The molecule has 1 heterocycles. The lowest BCUT2D eigenvalue weighted by Crippen LogP contribution is -3.14. The molecule has 1 saturated heterocycles. The van der Waals surface area contributed by atoms with Crippen molar-refractivity contribution in [2.45, 2.75) is 19.4 Å². The van der Waals surface area contributed by atoms with Gasteiger partial charge < -0.3 is 19.7 Å². The molecular formula is C23H29N2O4+. The summed E-state index contributed by atoms with van der Waals surface area (Å²) in [5, 5.41) is 2.97. The normalized spacial score (nSPS) is 18.7. The molecule has 0 spiro atoms. The maximum Gasteiger partial charge on any atom is 0.275 e. The summed E-state index contributed by atoms with van der Waals surface area (Å²) in [6.07, 6.45) is 1.62. The van der Waals surface area contributed by atoms with Crippen LogP contribution in [0.5, 0.6) is 11.5 Å². The highest BCUT2D eigenvalue weighted by atomic mass is 16.5. The van der Waals surface area contributed by atoms with E-state index in [1.807, 2.05) is 48.5 Å². The number of piperidine rings is 1. The first-order valence-electron chi connectivity index (χ1n) is 10.0. The van der Waals surface area contributed by atoms with Crippen LogP contribution in [0.4, 0.5) is 0 Å². The summed E-state index contributed by atoms with van der Waals surface area (Å²) >= 11 is 0. The smallest absolute Gasteiger partial charge is 0.275 e. The summed E-state index contributed by atoms with van der Waals surface area (Å²) in [5.41, 5.74) is 1.77. The van der Waals surface area contributed by atoms with Gasteiger partial charge in [-0.25, -0.2) is 0 Å². The van der Waals surface area contributed by atoms with Gasteiger partial charge in [-0.1, -0.05) is 12.1 Å². The molecule has 154 valence electrons. The minimum Gasteiger partial charge on any atom is -0.497 e. The summed E-state index contributed by atoms with van der Waals surface area (Å²) in [7, 11) is 3.25. The number of carbonyl (C=O) groups is 2. The van der Waals surface area contributed by atoms with Crippen LogP contribution in [0.15, 0.2) is 48.5 Å². The maximum absolute atomic E-state index is 12.7. The monoisotopic (exact) mass is 397 g/mol. The fourth-order valence-corrected chi connectivity index (χ4v) is 3.69. The average molecular weight is 397 g/mol. The highest BCUT2D eigenvalue weighted by molar-refractivity contribution is 5.98. The molecule has 2 aromatic rings. The van der Waals surface area contributed by atoms with Gasteiger partial charge in [0.1, 0.15) is 11.5 Å². The van der Waals surface area contributed by atoms with Crippen molar-refractivity contribution in [1.29, 1.82) is 0 Å². The van der Waals surface area contributed by atoms with Crippen molar-refractivity contribution in [3.8, 4) is 11.5 Å². The molecule has 1 aliphatic rings. The van der Waals surface area contributed by atoms with E-state index in [4.69, 9.17) is 9.47 Å². The van der Waals surface area contributed by atoms with E-state index in [0.29, 0.717) is 13.1 Å². The second-order valence-corrected chi connectivity index (χ2v) is 7.42. The number of likely N-dealkylation sites (tertiary alicyclic amines) is 1. The van der Waals surface area contributed by atoms with Crippen molar-refractivity contribution in [1.82, 2.24) is 5.32 Å². The minimum atomic E-state index is 0.0366.